The molecular formula is C12H12F3NO2S. The van der Waals surface area contributed by atoms with Crippen molar-refractivity contribution in [3.05, 3.63) is 24.3 Å². The number of hydrogen-bond acceptors (Lipinski definition) is 3. The van der Waals surface area contributed by atoms with Crippen molar-refractivity contribution in [3.63, 3.8) is 0 Å². The van der Waals surface area contributed by atoms with Crippen LogP contribution >= 0.6 is 11.8 Å². The van der Waals surface area contributed by atoms with Gasteiger partial charge in [0, 0.05) is 11.4 Å². The van der Waals surface area contributed by atoms with Gasteiger partial charge in [-0.15, -0.1) is 11.8 Å². The van der Waals surface area contributed by atoms with Crippen LogP contribution in [0.5, 0.6) is 0 Å². The van der Waals surface area contributed by atoms with Crippen molar-refractivity contribution >= 4 is 23.4 Å². The largest absolute Gasteiger partial charge is 0.398 e. The highest BCUT2D eigenvalue weighted by molar-refractivity contribution is 7.99. The molecule has 1 aliphatic heterocycles. The topological polar surface area (TPSA) is 29.5 Å². The minimum absolute atomic E-state index is 0.0295. The Bertz CT molecular complexity index is 465. The Morgan fingerprint density at radius 3 is 2.74 bits per heavy atom. The molecule has 7 heteroatoms. The Labute approximate surface area is 112 Å². The molecule has 0 aromatic heterocycles. The maximum atomic E-state index is 12.3. The van der Waals surface area contributed by atoms with Gasteiger partial charge in [-0.25, -0.2) is 0 Å². The third kappa shape index (κ3) is 3.87. The predicted molar refractivity (Wildman–Crippen MR) is 66.4 cm³/mol. The van der Waals surface area contributed by atoms with Crippen LogP contribution in [-0.2, 0) is 9.53 Å². The highest BCUT2D eigenvalue weighted by Gasteiger charge is 2.29. The summed E-state index contributed by atoms with van der Waals surface area (Å²) in [5.74, 6) is -1.20. The minimum atomic E-state index is -4.23. The number of halogens is 3. The highest BCUT2D eigenvalue weighted by Crippen LogP contribution is 2.34. The average Bonchev–Trinajstić information content (AvgIpc) is 2.37. The second-order valence-electron chi connectivity index (χ2n) is 3.97. The number of morpholine rings is 1. The van der Waals surface area contributed by atoms with Gasteiger partial charge >= 0.3 is 6.18 Å². The van der Waals surface area contributed by atoms with Gasteiger partial charge in [-0.1, -0.05) is 12.1 Å². The van der Waals surface area contributed by atoms with Crippen molar-refractivity contribution in [2.75, 3.05) is 30.4 Å². The minimum Gasteiger partial charge on any atom is -0.370 e. The monoisotopic (exact) mass is 291 g/mol. The van der Waals surface area contributed by atoms with Crippen LogP contribution in [0.15, 0.2) is 29.2 Å². The fraction of sp³-hybridized carbons (Fsp3) is 0.417. The van der Waals surface area contributed by atoms with Crippen LogP contribution in [0.1, 0.15) is 0 Å². The molecule has 19 heavy (non-hydrogen) atoms. The van der Waals surface area contributed by atoms with Crippen molar-refractivity contribution in [2.45, 2.75) is 11.1 Å². The van der Waals surface area contributed by atoms with Gasteiger partial charge in [0.1, 0.15) is 6.61 Å². The number of alkyl halides is 3. The zero-order valence-corrected chi connectivity index (χ0v) is 10.8. The number of nitrogens with zero attached hydrogens (tertiary/aromatic N) is 1. The van der Waals surface area contributed by atoms with E-state index < -0.39 is 11.9 Å². The van der Waals surface area contributed by atoms with Crippen molar-refractivity contribution in [1.29, 1.82) is 0 Å². The molecule has 1 saturated heterocycles. The molecule has 1 fully saturated rings. The van der Waals surface area contributed by atoms with Crippen LogP contribution in [0.2, 0.25) is 0 Å². The lowest BCUT2D eigenvalue weighted by Gasteiger charge is -2.28. The molecule has 0 radical (unpaired) electrons. The van der Waals surface area contributed by atoms with Crippen molar-refractivity contribution in [2.24, 2.45) is 0 Å². The zero-order chi connectivity index (χ0) is 13.9. The second-order valence-corrected chi connectivity index (χ2v) is 4.99. The fourth-order valence-corrected chi connectivity index (χ4v) is 2.55. The van der Waals surface area contributed by atoms with Gasteiger partial charge in [0.05, 0.1) is 18.0 Å². The number of para-hydroxylation sites is 1. The molecule has 0 aliphatic carbocycles. The van der Waals surface area contributed by atoms with Gasteiger partial charge in [0.15, 0.2) is 0 Å². The van der Waals surface area contributed by atoms with Crippen molar-refractivity contribution in [3.8, 4) is 0 Å². The van der Waals surface area contributed by atoms with Crippen LogP contribution in [0.3, 0.4) is 0 Å². The average molecular weight is 291 g/mol. The molecule has 0 N–H and O–H groups in total. The summed E-state index contributed by atoms with van der Waals surface area (Å²) in [6.07, 6.45) is -4.23. The molecule has 104 valence electrons. The molecule has 3 nitrogen and oxygen atoms in total. The third-order valence-electron chi connectivity index (χ3n) is 2.53. The lowest BCUT2D eigenvalue weighted by molar-refractivity contribution is -0.125. The number of ether oxygens (including phenoxy) is 1. The first-order valence-corrected chi connectivity index (χ1v) is 6.62. The first kappa shape index (κ1) is 14.2. The van der Waals surface area contributed by atoms with E-state index in [1.807, 2.05) is 0 Å². The summed E-state index contributed by atoms with van der Waals surface area (Å²) in [5, 5.41) is 0. The first-order valence-electron chi connectivity index (χ1n) is 5.64. The van der Waals surface area contributed by atoms with E-state index in [9.17, 15) is 18.0 Å². The summed E-state index contributed by atoms with van der Waals surface area (Å²) >= 11 is 0.690. The normalized spacial score (nSPS) is 16.8. The molecule has 1 aromatic rings. The molecule has 1 amide bonds. The number of amides is 1. The molecule has 1 aliphatic rings. The Morgan fingerprint density at radius 2 is 2.05 bits per heavy atom. The van der Waals surface area contributed by atoms with Crippen LogP contribution in [-0.4, -0.2) is 37.6 Å². The smallest absolute Gasteiger partial charge is 0.370 e. The standard InChI is InChI=1S/C12H12F3NO2S/c13-12(14,15)8-19-10-4-2-1-3-9(10)16-5-6-18-7-11(16)17/h1-4H,5-8H2. The van der Waals surface area contributed by atoms with E-state index in [4.69, 9.17) is 4.74 Å². The van der Waals surface area contributed by atoms with E-state index in [1.54, 1.807) is 24.3 Å². The van der Waals surface area contributed by atoms with Gasteiger partial charge in [-0.05, 0) is 12.1 Å². The van der Waals surface area contributed by atoms with Gasteiger partial charge < -0.3 is 9.64 Å². The maximum Gasteiger partial charge on any atom is 0.398 e. The summed E-state index contributed by atoms with van der Waals surface area (Å²) in [4.78, 5) is 13.6. The Balaban J connectivity index is 2.18. The van der Waals surface area contributed by atoms with Crippen LogP contribution in [0, 0.1) is 0 Å². The number of thioether (sulfide) groups is 1. The van der Waals surface area contributed by atoms with Gasteiger partial charge in [0.2, 0.25) is 0 Å². The molecule has 0 unspecified atom stereocenters. The van der Waals surface area contributed by atoms with Crippen LogP contribution < -0.4 is 4.90 Å². The van der Waals surface area contributed by atoms with E-state index in [0.717, 1.165) is 0 Å². The fourth-order valence-electron chi connectivity index (χ4n) is 1.73. The number of hydrogen-bond donors (Lipinski definition) is 0. The Kier molecular flexibility index (Phi) is 4.36. The summed E-state index contributed by atoms with van der Waals surface area (Å²) in [6.45, 7) is 0.727. The van der Waals surface area contributed by atoms with Crippen LogP contribution in [0.25, 0.3) is 0 Å². The van der Waals surface area contributed by atoms with Crippen LogP contribution in [0.4, 0.5) is 18.9 Å². The zero-order valence-electron chi connectivity index (χ0n) is 9.94. The third-order valence-corrected chi connectivity index (χ3v) is 3.66. The number of rotatable bonds is 3. The summed E-state index contributed by atoms with van der Waals surface area (Å²) in [7, 11) is 0. The highest BCUT2D eigenvalue weighted by atomic mass is 32.2. The Morgan fingerprint density at radius 1 is 1.32 bits per heavy atom. The van der Waals surface area contributed by atoms with Gasteiger partial charge in [0.25, 0.3) is 5.91 Å². The molecule has 1 aromatic carbocycles. The number of carbonyl (C=O) groups excluding carboxylic acids is 1. The molecular weight excluding hydrogens is 279 g/mol. The Hall–Kier alpha value is -1.21. The summed E-state index contributed by atoms with van der Waals surface area (Å²) in [6, 6.07) is 6.61. The SMILES string of the molecule is O=C1COCCN1c1ccccc1SCC(F)(F)F. The lowest BCUT2D eigenvalue weighted by atomic mass is 10.2. The van der Waals surface area contributed by atoms with E-state index in [0.29, 0.717) is 35.5 Å². The molecule has 0 spiro atoms. The first-order chi connectivity index (χ1) is 8.97. The van der Waals surface area contributed by atoms with E-state index in [1.165, 1.54) is 4.90 Å². The molecule has 0 atom stereocenters. The van der Waals surface area contributed by atoms with Crippen molar-refractivity contribution < 1.29 is 22.7 Å². The molecule has 0 saturated carbocycles. The van der Waals surface area contributed by atoms with E-state index in [-0.39, 0.29) is 12.5 Å². The molecule has 2 rings (SSSR count). The van der Waals surface area contributed by atoms with E-state index in [2.05, 4.69) is 0 Å². The van der Waals surface area contributed by atoms with Gasteiger partial charge in [-0.3, -0.25) is 4.79 Å². The number of benzene rings is 1. The summed E-state index contributed by atoms with van der Waals surface area (Å²) < 4.78 is 41.8. The number of carbonyl (C=O) groups is 1. The number of anilines is 1. The second kappa shape index (κ2) is 5.83. The van der Waals surface area contributed by atoms with Gasteiger partial charge in [-0.2, -0.15) is 13.2 Å². The lowest BCUT2D eigenvalue weighted by Crippen LogP contribution is -2.41. The predicted octanol–water partition coefficient (Wildman–Crippen LogP) is 2.70. The maximum absolute atomic E-state index is 12.3. The van der Waals surface area contributed by atoms with Crippen molar-refractivity contribution in [1.82, 2.24) is 0 Å². The molecule has 0 bridgehead atoms. The quantitative estimate of drug-likeness (QED) is 0.802. The summed E-state index contributed by atoms with van der Waals surface area (Å²) in [5.41, 5.74) is 0.519. The molecule has 1 heterocycles. The van der Waals surface area contributed by atoms with E-state index >= 15 is 0 Å².